The first kappa shape index (κ1) is 17.0. The second kappa shape index (κ2) is 6.55. The molecule has 0 bridgehead atoms. The van der Waals surface area contributed by atoms with Gasteiger partial charge in [-0.15, -0.1) is 0 Å². The summed E-state index contributed by atoms with van der Waals surface area (Å²) in [6.07, 6.45) is -1.50. The van der Waals surface area contributed by atoms with E-state index in [1.165, 1.54) is 4.90 Å². The molecule has 0 saturated carbocycles. The van der Waals surface area contributed by atoms with Gasteiger partial charge in [0.1, 0.15) is 0 Å². The number of hydrogen-bond acceptors (Lipinski definition) is 3. The molecule has 0 fully saturated rings. The Balaban J connectivity index is 2.31. The third kappa shape index (κ3) is 2.93. The zero-order valence-corrected chi connectivity index (χ0v) is 14.7. The summed E-state index contributed by atoms with van der Waals surface area (Å²) in [5.41, 5.74) is 2.39. The second-order valence-electron chi connectivity index (χ2n) is 5.79. The number of benzodiazepines with no additional fused rings is 1. The van der Waals surface area contributed by atoms with Crippen LogP contribution in [0.3, 0.4) is 0 Å². The van der Waals surface area contributed by atoms with Gasteiger partial charge in [-0.3, -0.25) is 4.79 Å². The Kier molecular flexibility index (Phi) is 4.63. The first-order chi connectivity index (χ1) is 11.4. The predicted molar refractivity (Wildman–Crippen MR) is 97.2 cm³/mol. The van der Waals surface area contributed by atoms with Crippen LogP contribution in [0.5, 0.6) is 0 Å². The number of carbonyl (C=O) groups is 1. The van der Waals surface area contributed by atoms with Gasteiger partial charge in [0.05, 0.1) is 11.4 Å². The van der Waals surface area contributed by atoms with Gasteiger partial charge >= 0.3 is 0 Å². The van der Waals surface area contributed by atoms with E-state index < -0.39 is 12.1 Å². The van der Waals surface area contributed by atoms with E-state index in [4.69, 9.17) is 23.2 Å². The molecule has 24 heavy (non-hydrogen) atoms. The van der Waals surface area contributed by atoms with Gasteiger partial charge < -0.3 is 10.0 Å². The number of aliphatic imine (C=N–C) groups is 1. The quantitative estimate of drug-likeness (QED) is 0.880. The highest BCUT2D eigenvalue weighted by Crippen LogP contribution is 2.33. The highest BCUT2D eigenvalue weighted by atomic mass is 35.5. The van der Waals surface area contributed by atoms with Crippen LogP contribution < -0.4 is 4.90 Å². The number of fused-ring (bicyclic) bond motifs is 1. The van der Waals surface area contributed by atoms with Crippen LogP contribution >= 0.6 is 23.2 Å². The summed E-state index contributed by atoms with van der Waals surface area (Å²) < 4.78 is 0. The fraction of sp³-hybridized carbons (Fsp3) is 0.222. The number of carbonyl (C=O) groups excluding carboxylic acids is 1. The van der Waals surface area contributed by atoms with Crippen molar-refractivity contribution in [1.29, 1.82) is 0 Å². The molecular formula is C18H16Cl2N2O2. The lowest BCUT2D eigenvalue weighted by atomic mass is 9.99. The minimum Gasteiger partial charge on any atom is -0.364 e. The lowest BCUT2D eigenvalue weighted by molar-refractivity contribution is -0.126. The minimum absolute atomic E-state index is 0.145. The van der Waals surface area contributed by atoms with Crippen molar-refractivity contribution in [2.45, 2.75) is 26.1 Å². The third-order valence-corrected chi connectivity index (χ3v) is 4.39. The number of nitrogens with zero attached hydrogens (tertiary/aromatic N) is 2. The number of halogens is 2. The summed E-state index contributed by atoms with van der Waals surface area (Å²) in [6, 6.07) is 12.2. The van der Waals surface area contributed by atoms with E-state index in [-0.39, 0.29) is 6.04 Å². The van der Waals surface area contributed by atoms with E-state index in [0.29, 0.717) is 32.6 Å². The molecular weight excluding hydrogens is 347 g/mol. The highest BCUT2D eigenvalue weighted by Gasteiger charge is 2.32. The molecule has 4 nitrogen and oxygen atoms in total. The van der Waals surface area contributed by atoms with Crippen molar-refractivity contribution in [3.8, 4) is 0 Å². The van der Waals surface area contributed by atoms with E-state index in [1.54, 1.807) is 30.3 Å². The SMILES string of the molecule is CC(C)N1C(=O)C(O)N=C(c2ccccc2Cl)c2cc(Cl)ccc21. The van der Waals surface area contributed by atoms with Crippen LogP contribution in [0.15, 0.2) is 47.5 Å². The van der Waals surface area contributed by atoms with Crippen molar-refractivity contribution in [2.24, 2.45) is 4.99 Å². The van der Waals surface area contributed by atoms with Crippen LogP contribution in [-0.2, 0) is 4.79 Å². The van der Waals surface area contributed by atoms with E-state index in [2.05, 4.69) is 4.99 Å². The molecule has 1 unspecified atom stereocenters. The van der Waals surface area contributed by atoms with Crippen LogP contribution in [-0.4, -0.2) is 29.0 Å². The third-order valence-electron chi connectivity index (χ3n) is 3.83. The summed E-state index contributed by atoms with van der Waals surface area (Å²) >= 11 is 12.5. The summed E-state index contributed by atoms with van der Waals surface area (Å²) in [6.45, 7) is 3.76. The molecule has 2 aromatic carbocycles. The fourth-order valence-corrected chi connectivity index (χ4v) is 3.20. The molecule has 1 aliphatic heterocycles. The van der Waals surface area contributed by atoms with Crippen LogP contribution in [0.4, 0.5) is 5.69 Å². The summed E-state index contributed by atoms with van der Waals surface area (Å²) in [5, 5.41) is 11.3. The first-order valence-electron chi connectivity index (χ1n) is 7.54. The van der Waals surface area contributed by atoms with Gasteiger partial charge in [0.25, 0.3) is 5.91 Å². The van der Waals surface area contributed by atoms with Crippen molar-refractivity contribution in [1.82, 2.24) is 0 Å². The summed E-state index contributed by atoms with van der Waals surface area (Å²) in [4.78, 5) is 18.4. The van der Waals surface area contributed by atoms with E-state index in [1.807, 2.05) is 26.0 Å². The van der Waals surface area contributed by atoms with Gasteiger partial charge in [-0.25, -0.2) is 4.99 Å². The van der Waals surface area contributed by atoms with Crippen molar-refractivity contribution in [2.75, 3.05) is 4.90 Å². The maximum Gasteiger partial charge on any atom is 0.279 e. The fourth-order valence-electron chi connectivity index (χ4n) is 2.80. The number of aliphatic hydroxyl groups is 1. The first-order valence-corrected chi connectivity index (χ1v) is 8.29. The van der Waals surface area contributed by atoms with Gasteiger partial charge in [0.2, 0.25) is 6.23 Å². The molecule has 0 aliphatic carbocycles. The van der Waals surface area contributed by atoms with Gasteiger partial charge in [-0.05, 0) is 38.1 Å². The molecule has 6 heteroatoms. The molecule has 3 rings (SSSR count). The predicted octanol–water partition coefficient (Wildman–Crippen LogP) is 3.90. The molecule has 124 valence electrons. The topological polar surface area (TPSA) is 52.9 Å². The number of anilines is 1. The average molecular weight is 363 g/mol. The van der Waals surface area contributed by atoms with Crippen molar-refractivity contribution in [3.05, 3.63) is 63.6 Å². The molecule has 0 radical (unpaired) electrons. The standard InChI is InChI=1S/C18H16Cl2N2O2/c1-10(2)22-15-8-7-11(19)9-13(15)16(21-17(23)18(22)24)12-5-3-4-6-14(12)20/h3-10,17,23H,1-2H3. The molecule has 0 spiro atoms. The lowest BCUT2D eigenvalue weighted by Crippen LogP contribution is -2.42. The molecule has 2 aromatic rings. The van der Waals surface area contributed by atoms with E-state index in [0.717, 1.165) is 0 Å². The van der Waals surface area contributed by atoms with Crippen molar-refractivity contribution >= 4 is 40.5 Å². The Bertz CT molecular complexity index is 834. The number of aliphatic hydroxyl groups excluding tert-OH is 1. The maximum atomic E-state index is 12.6. The van der Waals surface area contributed by atoms with Crippen LogP contribution in [0.2, 0.25) is 10.0 Å². The molecule has 1 heterocycles. The molecule has 0 saturated heterocycles. The molecule has 0 aromatic heterocycles. The minimum atomic E-state index is -1.50. The second-order valence-corrected chi connectivity index (χ2v) is 6.64. The maximum absolute atomic E-state index is 12.6. The van der Waals surface area contributed by atoms with Crippen molar-refractivity contribution < 1.29 is 9.90 Å². The smallest absolute Gasteiger partial charge is 0.279 e. The summed E-state index contributed by atoms with van der Waals surface area (Å²) in [5.74, 6) is -0.476. The molecule has 1 aliphatic rings. The number of hydrogen-bond donors (Lipinski definition) is 1. The van der Waals surface area contributed by atoms with Gasteiger partial charge in [0, 0.05) is 27.2 Å². The Hall–Kier alpha value is -1.88. The van der Waals surface area contributed by atoms with E-state index >= 15 is 0 Å². The summed E-state index contributed by atoms with van der Waals surface area (Å²) in [7, 11) is 0. The monoisotopic (exact) mass is 362 g/mol. The molecule has 1 N–H and O–H groups in total. The normalized spacial score (nSPS) is 17.6. The Morgan fingerprint density at radius 2 is 1.83 bits per heavy atom. The zero-order valence-electron chi connectivity index (χ0n) is 13.2. The lowest BCUT2D eigenvalue weighted by Gasteiger charge is -2.27. The van der Waals surface area contributed by atoms with E-state index in [9.17, 15) is 9.90 Å². The Morgan fingerprint density at radius 1 is 1.12 bits per heavy atom. The number of rotatable bonds is 2. The Labute approximate surface area is 150 Å². The zero-order chi connectivity index (χ0) is 17.4. The van der Waals surface area contributed by atoms with Gasteiger partial charge in [0.15, 0.2) is 0 Å². The van der Waals surface area contributed by atoms with Gasteiger partial charge in [-0.2, -0.15) is 0 Å². The largest absolute Gasteiger partial charge is 0.364 e. The number of benzene rings is 2. The van der Waals surface area contributed by atoms with Crippen LogP contribution in [0.1, 0.15) is 25.0 Å². The molecule has 1 atom stereocenters. The number of amides is 1. The molecule has 1 amide bonds. The van der Waals surface area contributed by atoms with Gasteiger partial charge in [-0.1, -0.05) is 41.4 Å². The average Bonchev–Trinajstić information content (AvgIpc) is 2.64. The van der Waals surface area contributed by atoms with Crippen LogP contribution in [0.25, 0.3) is 0 Å². The highest BCUT2D eigenvalue weighted by molar-refractivity contribution is 6.37. The Morgan fingerprint density at radius 3 is 2.50 bits per heavy atom. The van der Waals surface area contributed by atoms with Crippen molar-refractivity contribution in [3.63, 3.8) is 0 Å². The van der Waals surface area contributed by atoms with Crippen LogP contribution in [0, 0.1) is 0 Å².